The molecule has 2 aromatic rings. The van der Waals surface area contributed by atoms with Gasteiger partial charge in [0.15, 0.2) is 29.9 Å². The first-order valence-electron chi connectivity index (χ1n) is 20.9. The number of carbonyl (C=O) groups is 3. The Morgan fingerprint density at radius 1 is 1.03 bits per heavy atom. The van der Waals surface area contributed by atoms with Crippen LogP contribution in [-0.4, -0.2) is 135 Å². The first kappa shape index (κ1) is 45.4. The summed E-state index contributed by atoms with van der Waals surface area (Å²) in [5.74, 6) is -4.46. The molecule has 2 aromatic heterocycles. The Kier molecular flexibility index (Phi) is 13.7. The van der Waals surface area contributed by atoms with E-state index in [1.807, 2.05) is 53.6 Å². The molecule has 19 heteroatoms. The summed E-state index contributed by atoms with van der Waals surface area (Å²) in [4.78, 5) is 66.4. The average Bonchev–Trinajstić information content (AvgIpc) is 3.52. The highest BCUT2D eigenvalue weighted by Gasteiger charge is 2.57. The number of ketones is 1. The SMILES string of the molecule is CC[C@H]1OC(=O)[C@H](C)[C@H]2OC/C(=N/OCc3cnc4nc(N)nc(N)c4n3)CO[C@](C)(C[C@@H](C)C(=O)[C@H](C)[C@@H]3CC(=O)O[C@]13C)[C@H](O[C@@H]1O[C@H](C)C[C@H](N(C)C)[C@H]1O)[C@H]2C. The number of ether oxygens (including phenoxy) is 6. The fourth-order valence-electron chi connectivity index (χ4n) is 9.65. The van der Waals surface area contributed by atoms with E-state index in [9.17, 15) is 19.5 Å². The van der Waals surface area contributed by atoms with Crippen molar-refractivity contribution < 1.29 is 52.7 Å². The van der Waals surface area contributed by atoms with Crippen LogP contribution in [0.15, 0.2) is 11.4 Å². The first-order valence-corrected chi connectivity index (χ1v) is 20.9. The van der Waals surface area contributed by atoms with Gasteiger partial charge >= 0.3 is 11.9 Å². The number of anilines is 2. The summed E-state index contributed by atoms with van der Waals surface area (Å²) >= 11 is 0. The van der Waals surface area contributed by atoms with Gasteiger partial charge in [-0.2, -0.15) is 9.97 Å². The lowest BCUT2D eigenvalue weighted by molar-refractivity contribution is -0.302. The highest BCUT2D eigenvalue weighted by Crippen LogP contribution is 2.46. The summed E-state index contributed by atoms with van der Waals surface area (Å²) in [5.41, 5.74) is 10.4. The van der Waals surface area contributed by atoms with Crippen LogP contribution in [0.25, 0.3) is 11.2 Å². The molecule has 332 valence electrons. The molecule has 0 radical (unpaired) electrons. The van der Waals surface area contributed by atoms with E-state index in [1.54, 1.807) is 20.8 Å². The predicted molar refractivity (Wildman–Crippen MR) is 217 cm³/mol. The van der Waals surface area contributed by atoms with E-state index < -0.39 is 83.4 Å². The molecule has 0 unspecified atom stereocenters. The average molecular weight is 843 g/mol. The van der Waals surface area contributed by atoms with Crippen molar-refractivity contribution in [2.45, 2.75) is 142 Å². The van der Waals surface area contributed by atoms with E-state index in [0.717, 1.165) is 0 Å². The number of nitrogens with two attached hydrogens (primary N) is 2. The quantitative estimate of drug-likeness (QED) is 0.267. The van der Waals surface area contributed by atoms with Gasteiger partial charge in [-0.25, -0.2) is 9.97 Å². The molecule has 0 amide bonds. The van der Waals surface area contributed by atoms with Crippen molar-refractivity contribution in [1.29, 1.82) is 0 Å². The monoisotopic (exact) mass is 842 g/mol. The zero-order valence-corrected chi connectivity index (χ0v) is 36.3. The van der Waals surface area contributed by atoms with Crippen LogP contribution in [0.2, 0.25) is 0 Å². The van der Waals surface area contributed by atoms with Crippen molar-refractivity contribution in [2.24, 2.45) is 34.7 Å². The minimum atomic E-state index is -1.29. The fourth-order valence-corrected chi connectivity index (χ4v) is 9.65. The molecule has 0 aliphatic carbocycles. The number of aliphatic hydroxyl groups is 1. The Bertz CT molecular complexity index is 1940. The molecular formula is C41H62N8O11. The number of esters is 2. The number of cyclic esters (lactones) is 1. The van der Waals surface area contributed by atoms with E-state index in [-0.39, 0.29) is 73.5 Å². The topological polar surface area (TPSA) is 255 Å². The normalized spacial score (nSPS) is 39.1. The highest BCUT2D eigenvalue weighted by molar-refractivity contribution is 5.87. The molecule has 14 atom stereocenters. The minimum absolute atomic E-state index is 0.00451. The van der Waals surface area contributed by atoms with Crippen LogP contribution in [0.5, 0.6) is 0 Å². The zero-order valence-electron chi connectivity index (χ0n) is 36.3. The Morgan fingerprint density at radius 2 is 1.77 bits per heavy atom. The molecule has 4 aliphatic rings. The fraction of sp³-hybridized carbons (Fsp3) is 0.756. The molecule has 0 saturated carbocycles. The van der Waals surface area contributed by atoms with Gasteiger partial charge in [-0.15, -0.1) is 0 Å². The molecule has 4 fully saturated rings. The molecule has 4 saturated heterocycles. The number of hydrogen-bond donors (Lipinski definition) is 3. The predicted octanol–water partition coefficient (Wildman–Crippen LogP) is 2.60. The smallest absolute Gasteiger partial charge is 0.311 e. The maximum Gasteiger partial charge on any atom is 0.311 e. The van der Waals surface area contributed by atoms with E-state index in [1.165, 1.54) is 6.20 Å². The summed E-state index contributed by atoms with van der Waals surface area (Å²) in [6.07, 6.45) is -2.52. The van der Waals surface area contributed by atoms with Gasteiger partial charge in [0.25, 0.3) is 0 Å². The van der Waals surface area contributed by atoms with Gasteiger partial charge in [0.1, 0.15) is 29.3 Å². The van der Waals surface area contributed by atoms with Crippen molar-refractivity contribution in [1.82, 2.24) is 24.8 Å². The largest absolute Gasteiger partial charge is 0.458 e. The van der Waals surface area contributed by atoms with E-state index in [4.69, 9.17) is 44.7 Å². The lowest BCUT2D eigenvalue weighted by atomic mass is 9.70. The number of oxime groups is 1. The van der Waals surface area contributed by atoms with Gasteiger partial charge in [0.05, 0.1) is 61.4 Å². The maximum atomic E-state index is 14.6. The highest BCUT2D eigenvalue weighted by atomic mass is 16.7. The molecule has 4 aliphatic heterocycles. The third-order valence-electron chi connectivity index (χ3n) is 12.9. The van der Waals surface area contributed by atoms with Gasteiger partial charge in [-0.05, 0) is 61.1 Å². The standard InChI is InChI=1S/C41H62N8O11/c1-11-28-41(8)26(13-29(50)60-41)21(4)31(51)19(2)14-40(7)34(59-38-32(52)27(49(9)10)12-20(3)57-38)22(5)33(23(6)37(53)58-28)54-16-25(17-55-40)48-56-18-24-15-44-36-30(45-24)35(42)46-39(43)47-36/h15,19-23,26-28,32-34,38,52H,11-14,16-18H2,1-10H3,(H4,42,43,44,46,47)/b48-25-/t19-,20-,21-,22+,23-,26+,27+,28-,32-,33+,34-,38+,40-,41+/m1/s1. The Morgan fingerprint density at radius 3 is 2.47 bits per heavy atom. The van der Waals surface area contributed by atoms with Crippen molar-refractivity contribution >= 4 is 46.4 Å². The van der Waals surface area contributed by atoms with Gasteiger partial charge in [-0.1, -0.05) is 32.9 Å². The summed E-state index contributed by atoms with van der Waals surface area (Å²) in [6, 6.07) is -0.278. The van der Waals surface area contributed by atoms with Gasteiger partial charge in [-0.3, -0.25) is 14.4 Å². The number of nitrogens with zero attached hydrogens (tertiary/aromatic N) is 6. The number of hydrogen-bond acceptors (Lipinski definition) is 19. The second-order valence-electron chi connectivity index (χ2n) is 17.7. The second-order valence-corrected chi connectivity index (χ2v) is 17.7. The van der Waals surface area contributed by atoms with Crippen LogP contribution in [0.1, 0.15) is 86.8 Å². The molecule has 5 N–H and O–H groups in total. The number of carbonyl (C=O) groups excluding carboxylic acids is 3. The Labute approximate surface area is 350 Å². The number of likely N-dealkylation sites (N-methyl/N-ethyl adjacent to an activating group) is 1. The lowest BCUT2D eigenvalue weighted by Gasteiger charge is -2.48. The molecule has 2 bridgehead atoms. The molecule has 6 rings (SSSR count). The molecule has 6 heterocycles. The Hall–Kier alpha value is -4.14. The zero-order chi connectivity index (χ0) is 43.8. The summed E-state index contributed by atoms with van der Waals surface area (Å²) < 4.78 is 38.9. The number of aromatic nitrogens is 4. The van der Waals surface area contributed by atoms with E-state index in [2.05, 4.69) is 25.1 Å². The number of aliphatic hydroxyl groups excluding tert-OH is 1. The van der Waals surface area contributed by atoms with E-state index in [0.29, 0.717) is 24.2 Å². The van der Waals surface area contributed by atoms with Gasteiger partial charge in [0, 0.05) is 29.7 Å². The van der Waals surface area contributed by atoms with Gasteiger partial charge < -0.3 is 54.7 Å². The molecule has 0 aromatic carbocycles. The van der Waals surface area contributed by atoms with Crippen molar-refractivity contribution in [3.8, 4) is 0 Å². The minimum Gasteiger partial charge on any atom is -0.458 e. The van der Waals surface area contributed by atoms with Crippen molar-refractivity contribution in [3.63, 3.8) is 0 Å². The Balaban J connectivity index is 1.40. The number of nitrogen functional groups attached to an aromatic ring is 2. The molecular weight excluding hydrogens is 780 g/mol. The van der Waals surface area contributed by atoms with Crippen LogP contribution in [0.3, 0.4) is 0 Å². The lowest BCUT2D eigenvalue weighted by Crippen LogP contribution is -2.60. The third kappa shape index (κ3) is 9.21. The summed E-state index contributed by atoms with van der Waals surface area (Å²) in [5, 5.41) is 16.1. The second kappa shape index (κ2) is 18.1. The van der Waals surface area contributed by atoms with Crippen molar-refractivity contribution in [3.05, 3.63) is 11.9 Å². The van der Waals surface area contributed by atoms with Crippen LogP contribution < -0.4 is 11.5 Å². The van der Waals surface area contributed by atoms with E-state index >= 15 is 0 Å². The van der Waals surface area contributed by atoms with Crippen LogP contribution >= 0.6 is 0 Å². The molecule has 60 heavy (non-hydrogen) atoms. The molecule has 19 nitrogen and oxygen atoms in total. The third-order valence-corrected chi connectivity index (χ3v) is 12.9. The number of fused-ring (bicyclic) bond motifs is 5. The summed E-state index contributed by atoms with van der Waals surface area (Å²) in [7, 11) is 3.78. The van der Waals surface area contributed by atoms with Gasteiger partial charge in [0.2, 0.25) is 5.95 Å². The van der Waals surface area contributed by atoms with Crippen LogP contribution in [0.4, 0.5) is 11.8 Å². The van der Waals surface area contributed by atoms with Crippen molar-refractivity contribution in [2.75, 3.05) is 38.8 Å². The first-order chi connectivity index (χ1) is 28.3. The maximum absolute atomic E-state index is 14.6. The van der Waals surface area contributed by atoms with Crippen LogP contribution in [-0.2, 0) is 54.2 Å². The molecule has 0 spiro atoms. The van der Waals surface area contributed by atoms with Crippen LogP contribution in [0, 0.1) is 29.6 Å². The number of rotatable bonds is 7. The number of Topliss-reactive ketones (excluding diaryl/α,β-unsaturated/α-hetero) is 1. The summed E-state index contributed by atoms with van der Waals surface area (Å²) in [6.45, 7) is 14.2.